The summed E-state index contributed by atoms with van der Waals surface area (Å²) in [4.78, 5) is 15.1. The molecule has 0 unspecified atom stereocenters. The number of hydrogen-bond donors (Lipinski definition) is 1. The molecule has 110 valence electrons. The molecule has 3 nitrogen and oxygen atoms in total. The molecule has 1 heterocycles. The minimum Gasteiger partial charge on any atom is -0.321 e. The predicted octanol–water partition coefficient (Wildman–Crippen LogP) is 4.15. The molecular weight excluding hydrogens is 312 g/mol. The number of halogens is 5. The van der Waals surface area contributed by atoms with Gasteiger partial charge in [0.2, 0.25) is 5.95 Å². The maximum Gasteiger partial charge on any atom is 0.417 e. The van der Waals surface area contributed by atoms with Crippen molar-refractivity contribution in [3.8, 4) is 0 Å². The summed E-state index contributed by atoms with van der Waals surface area (Å²) in [6.07, 6.45) is -4.64. The van der Waals surface area contributed by atoms with Gasteiger partial charge in [0.1, 0.15) is 5.69 Å². The Kier molecular flexibility index (Phi) is 4.13. The summed E-state index contributed by atoms with van der Waals surface area (Å²) in [5, 5.41) is 1.72. The van der Waals surface area contributed by atoms with Crippen LogP contribution in [-0.4, -0.2) is 10.9 Å². The van der Waals surface area contributed by atoms with Crippen LogP contribution in [-0.2, 0) is 6.18 Å². The van der Waals surface area contributed by atoms with Crippen LogP contribution in [0.15, 0.2) is 36.4 Å². The SMILES string of the molecule is O=C(Nc1ccc(Cl)c(C(F)(F)F)c1)c1cccc(F)n1. The lowest BCUT2D eigenvalue weighted by Crippen LogP contribution is -2.15. The third kappa shape index (κ3) is 3.69. The van der Waals surface area contributed by atoms with Crippen LogP contribution in [0.25, 0.3) is 0 Å². The van der Waals surface area contributed by atoms with Gasteiger partial charge in [0.15, 0.2) is 0 Å². The number of carbonyl (C=O) groups excluding carboxylic acids is 1. The second kappa shape index (κ2) is 5.69. The van der Waals surface area contributed by atoms with Crippen LogP contribution in [0.5, 0.6) is 0 Å². The minimum atomic E-state index is -4.64. The van der Waals surface area contributed by atoms with Crippen LogP contribution in [0.1, 0.15) is 16.1 Å². The van der Waals surface area contributed by atoms with Gasteiger partial charge in [0, 0.05) is 5.69 Å². The minimum absolute atomic E-state index is 0.122. The second-order valence-electron chi connectivity index (χ2n) is 3.99. The van der Waals surface area contributed by atoms with Crippen molar-refractivity contribution in [2.75, 3.05) is 5.32 Å². The molecule has 2 rings (SSSR count). The molecule has 0 aliphatic heterocycles. The molecule has 0 radical (unpaired) electrons. The van der Waals surface area contributed by atoms with Crippen LogP contribution in [0.4, 0.5) is 23.2 Å². The molecule has 1 N–H and O–H groups in total. The molecule has 8 heteroatoms. The molecule has 0 saturated heterocycles. The highest BCUT2D eigenvalue weighted by atomic mass is 35.5. The number of amides is 1. The number of alkyl halides is 3. The molecule has 2 aromatic rings. The molecule has 0 saturated carbocycles. The Morgan fingerprint density at radius 1 is 1.19 bits per heavy atom. The Labute approximate surface area is 121 Å². The van der Waals surface area contributed by atoms with Gasteiger partial charge >= 0.3 is 6.18 Å². The lowest BCUT2D eigenvalue weighted by molar-refractivity contribution is -0.137. The van der Waals surface area contributed by atoms with Gasteiger partial charge in [-0.15, -0.1) is 0 Å². The first kappa shape index (κ1) is 15.2. The van der Waals surface area contributed by atoms with Crippen molar-refractivity contribution in [1.29, 1.82) is 0 Å². The van der Waals surface area contributed by atoms with Crippen molar-refractivity contribution in [3.05, 3.63) is 58.6 Å². The van der Waals surface area contributed by atoms with E-state index in [4.69, 9.17) is 11.6 Å². The molecule has 1 aromatic heterocycles. The van der Waals surface area contributed by atoms with E-state index in [0.717, 1.165) is 12.1 Å². The molecule has 0 aliphatic rings. The summed E-state index contributed by atoms with van der Waals surface area (Å²) in [6.45, 7) is 0. The average molecular weight is 319 g/mol. The van der Waals surface area contributed by atoms with Gasteiger partial charge in [-0.3, -0.25) is 4.79 Å². The van der Waals surface area contributed by atoms with E-state index in [0.29, 0.717) is 6.07 Å². The number of nitrogens with zero attached hydrogens (tertiary/aromatic N) is 1. The van der Waals surface area contributed by atoms with Crippen LogP contribution in [0.3, 0.4) is 0 Å². The normalized spacial score (nSPS) is 11.3. The van der Waals surface area contributed by atoms with E-state index in [2.05, 4.69) is 10.3 Å². The summed E-state index contributed by atoms with van der Waals surface area (Å²) in [5.41, 5.74) is -1.45. The van der Waals surface area contributed by atoms with E-state index in [-0.39, 0.29) is 11.4 Å². The van der Waals surface area contributed by atoms with E-state index in [9.17, 15) is 22.4 Å². The summed E-state index contributed by atoms with van der Waals surface area (Å²) in [6, 6.07) is 6.45. The molecule has 0 fully saturated rings. The lowest BCUT2D eigenvalue weighted by atomic mass is 10.2. The molecule has 1 amide bonds. The second-order valence-corrected chi connectivity index (χ2v) is 4.40. The van der Waals surface area contributed by atoms with E-state index in [1.807, 2.05) is 0 Å². The monoisotopic (exact) mass is 318 g/mol. The summed E-state index contributed by atoms with van der Waals surface area (Å²) in [5.74, 6) is -1.69. The van der Waals surface area contributed by atoms with Crippen molar-refractivity contribution in [2.45, 2.75) is 6.18 Å². The Morgan fingerprint density at radius 2 is 1.90 bits per heavy atom. The highest BCUT2D eigenvalue weighted by molar-refractivity contribution is 6.31. The molecule has 21 heavy (non-hydrogen) atoms. The Hall–Kier alpha value is -2.15. The first-order chi connectivity index (χ1) is 9.77. The van der Waals surface area contributed by atoms with Crippen molar-refractivity contribution in [1.82, 2.24) is 4.98 Å². The van der Waals surface area contributed by atoms with Crippen molar-refractivity contribution < 1.29 is 22.4 Å². The Balaban J connectivity index is 2.26. The van der Waals surface area contributed by atoms with Gasteiger partial charge in [0.05, 0.1) is 10.6 Å². The van der Waals surface area contributed by atoms with Crippen LogP contribution >= 0.6 is 11.6 Å². The zero-order chi connectivity index (χ0) is 15.6. The van der Waals surface area contributed by atoms with E-state index in [1.165, 1.54) is 18.2 Å². The summed E-state index contributed by atoms with van der Waals surface area (Å²) in [7, 11) is 0. The fourth-order valence-electron chi connectivity index (χ4n) is 1.55. The Morgan fingerprint density at radius 3 is 2.52 bits per heavy atom. The lowest BCUT2D eigenvalue weighted by Gasteiger charge is -2.11. The van der Waals surface area contributed by atoms with Crippen LogP contribution in [0, 0.1) is 5.95 Å². The number of benzene rings is 1. The number of hydrogen-bond acceptors (Lipinski definition) is 2. The van der Waals surface area contributed by atoms with E-state index in [1.54, 1.807) is 0 Å². The average Bonchev–Trinajstić information content (AvgIpc) is 2.39. The highest BCUT2D eigenvalue weighted by Crippen LogP contribution is 2.36. The molecular formula is C13H7ClF4N2O. The number of nitrogens with one attached hydrogen (secondary N) is 1. The number of rotatable bonds is 2. The highest BCUT2D eigenvalue weighted by Gasteiger charge is 2.33. The van der Waals surface area contributed by atoms with Crippen LogP contribution in [0.2, 0.25) is 5.02 Å². The maximum atomic E-state index is 12.9. The molecule has 0 aliphatic carbocycles. The fourth-order valence-corrected chi connectivity index (χ4v) is 1.77. The number of carbonyl (C=O) groups is 1. The maximum absolute atomic E-state index is 12.9. The zero-order valence-electron chi connectivity index (χ0n) is 10.2. The first-order valence-corrected chi connectivity index (χ1v) is 5.96. The summed E-state index contributed by atoms with van der Waals surface area (Å²) >= 11 is 5.46. The van der Waals surface area contributed by atoms with Crippen molar-refractivity contribution >= 4 is 23.2 Å². The molecule has 0 atom stereocenters. The van der Waals surface area contributed by atoms with Gasteiger partial charge in [-0.25, -0.2) is 4.98 Å². The molecule has 0 bridgehead atoms. The van der Waals surface area contributed by atoms with Gasteiger partial charge in [-0.05, 0) is 30.3 Å². The van der Waals surface area contributed by atoms with E-state index >= 15 is 0 Å². The predicted molar refractivity (Wildman–Crippen MR) is 68.6 cm³/mol. The van der Waals surface area contributed by atoms with Gasteiger partial charge in [-0.2, -0.15) is 17.6 Å². The first-order valence-electron chi connectivity index (χ1n) is 5.58. The van der Waals surface area contributed by atoms with Gasteiger partial charge in [0.25, 0.3) is 5.91 Å². The third-order valence-corrected chi connectivity index (χ3v) is 2.81. The number of aromatic nitrogens is 1. The largest absolute Gasteiger partial charge is 0.417 e. The molecule has 1 aromatic carbocycles. The van der Waals surface area contributed by atoms with Gasteiger partial charge in [-0.1, -0.05) is 17.7 Å². The topological polar surface area (TPSA) is 42.0 Å². The van der Waals surface area contributed by atoms with Crippen molar-refractivity contribution in [3.63, 3.8) is 0 Å². The third-order valence-electron chi connectivity index (χ3n) is 2.48. The molecule has 0 spiro atoms. The van der Waals surface area contributed by atoms with E-state index < -0.39 is 28.6 Å². The van der Waals surface area contributed by atoms with Gasteiger partial charge < -0.3 is 5.32 Å². The Bertz CT molecular complexity index is 688. The standard InChI is InChI=1S/C13H7ClF4N2O/c14-9-5-4-7(6-8(9)13(16,17)18)19-12(21)10-2-1-3-11(15)20-10/h1-6H,(H,19,21). The van der Waals surface area contributed by atoms with Crippen LogP contribution < -0.4 is 5.32 Å². The van der Waals surface area contributed by atoms with Crippen molar-refractivity contribution in [2.24, 2.45) is 0 Å². The smallest absolute Gasteiger partial charge is 0.321 e. The number of anilines is 1. The zero-order valence-corrected chi connectivity index (χ0v) is 11.0. The fraction of sp³-hybridized carbons (Fsp3) is 0.0769. The summed E-state index contributed by atoms with van der Waals surface area (Å²) < 4.78 is 50.9. The number of pyridine rings is 1. The quantitative estimate of drug-likeness (QED) is 0.668.